The van der Waals surface area contributed by atoms with Crippen LogP contribution in [0, 0.1) is 6.92 Å². The highest BCUT2D eigenvalue weighted by atomic mass is 79.9. The Morgan fingerprint density at radius 3 is 2.51 bits per heavy atom. The first-order valence-electron chi connectivity index (χ1n) is 11.4. The molecule has 4 aromatic rings. The molecule has 35 heavy (non-hydrogen) atoms. The SMILES string of the molecule is CCOc1ccc(C2c3c(oc4ccc(Br)cc4c3=O)C(=O)N2c2cccc(C)n2)cc1OCC. The van der Waals surface area contributed by atoms with Crippen molar-refractivity contribution < 1.29 is 18.7 Å². The van der Waals surface area contributed by atoms with E-state index in [-0.39, 0.29) is 16.8 Å². The number of anilines is 1. The number of carbonyl (C=O) groups is 1. The number of fused-ring (bicyclic) bond motifs is 2. The Kier molecular flexibility index (Phi) is 6.06. The minimum atomic E-state index is -0.749. The number of hydrogen-bond donors (Lipinski definition) is 0. The smallest absolute Gasteiger partial charge is 0.296 e. The van der Waals surface area contributed by atoms with Crippen LogP contribution >= 0.6 is 15.9 Å². The zero-order chi connectivity index (χ0) is 24.7. The fraction of sp³-hybridized carbons (Fsp3) is 0.222. The average Bonchev–Trinajstić information content (AvgIpc) is 3.13. The van der Waals surface area contributed by atoms with E-state index in [4.69, 9.17) is 13.9 Å². The Labute approximate surface area is 210 Å². The van der Waals surface area contributed by atoms with Crippen molar-refractivity contribution in [1.82, 2.24) is 4.98 Å². The van der Waals surface area contributed by atoms with E-state index in [2.05, 4.69) is 20.9 Å². The molecule has 1 unspecified atom stereocenters. The van der Waals surface area contributed by atoms with Crippen molar-refractivity contribution in [2.45, 2.75) is 26.8 Å². The van der Waals surface area contributed by atoms with Crippen LogP contribution < -0.4 is 19.8 Å². The van der Waals surface area contributed by atoms with E-state index < -0.39 is 11.9 Å². The molecule has 3 heterocycles. The molecule has 2 aromatic heterocycles. The van der Waals surface area contributed by atoms with Gasteiger partial charge in [-0.05, 0) is 68.8 Å². The van der Waals surface area contributed by atoms with E-state index >= 15 is 0 Å². The van der Waals surface area contributed by atoms with Gasteiger partial charge in [0.05, 0.1) is 30.2 Å². The van der Waals surface area contributed by atoms with Crippen LogP contribution in [0.4, 0.5) is 5.82 Å². The summed E-state index contributed by atoms with van der Waals surface area (Å²) in [4.78, 5) is 33.6. The summed E-state index contributed by atoms with van der Waals surface area (Å²) >= 11 is 3.43. The quantitative estimate of drug-likeness (QED) is 0.310. The fourth-order valence-corrected chi connectivity index (χ4v) is 4.76. The largest absolute Gasteiger partial charge is 0.490 e. The fourth-order valence-electron chi connectivity index (χ4n) is 4.40. The molecule has 178 valence electrons. The summed E-state index contributed by atoms with van der Waals surface area (Å²) in [6, 6.07) is 15.3. The van der Waals surface area contributed by atoms with Gasteiger partial charge in [-0.25, -0.2) is 4.98 Å². The highest BCUT2D eigenvalue weighted by Crippen LogP contribution is 2.43. The molecule has 1 aliphatic rings. The first-order valence-corrected chi connectivity index (χ1v) is 12.1. The Balaban J connectivity index is 1.79. The Bertz CT molecular complexity index is 1510. The van der Waals surface area contributed by atoms with Crippen LogP contribution in [0.2, 0.25) is 0 Å². The van der Waals surface area contributed by atoms with Crippen molar-refractivity contribution in [3.63, 3.8) is 0 Å². The zero-order valence-electron chi connectivity index (χ0n) is 19.5. The summed E-state index contributed by atoms with van der Waals surface area (Å²) in [7, 11) is 0. The summed E-state index contributed by atoms with van der Waals surface area (Å²) in [6.07, 6.45) is 0. The van der Waals surface area contributed by atoms with Gasteiger partial charge < -0.3 is 13.9 Å². The topological polar surface area (TPSA) is 81.9 Å². The Morgan fingerprint density at radius 1 is 1.00 bits per heavy atom. The van der Waals surface area contributed by atoms with Crippen molar-refractivity contribution in [1.29, 1.82) is 0 Å². The molecule has 0 spiro atoms. The number of carbonyl (C=O) groups excluding carboxylic acids is 1. The molecule has 0 aliphatic carbocycles. The average molecular weight is 535 g/mol. The van der Waals surface area contributed by atoms with Crippen LogP contribution in [0.5, 0.6) is 11.5 Å². The lowest BCUT2D eigenvalue weighted by molar-refractivity contribution is 0.0970. The maximum Gasteiger partial charge on any atom is 0.296 e. The summed E-state index contributed by atoms with van der Waals surface area (Å²) < 4.78 is 18.3. The minimum absolute atomic E-state index is 0.0185. The van der Waals surface area contributed by atoms with E-state index in [1.807, 2.05) is 45.0 Å². The summed E-state index contributed by atoms with van der Waals surface area (Å²) in [5.41, 5.74) is 1.80. The highest BCUT2D eigenvalue weighted by molar-refractivity contribution is 9.10. The van der Waals surface area contributed by atoms with Gasteiger partial charge in [-0.1, -0.05) is 28.1 Å². The van der Waals surface area contributed by atoms with Gasteiger partial charge in [0.1, 0.15) is 11.4 Å². The minimum Gasteiger partial charge on any atom is -0.490 e. The maximum absolute atomic E-state index is 13.8. The second-order valence-corrected chi connectivity index (χ2v) is 9.02. The van der Waals surface area contributed by atoms with Gasteiger partial charge in [-0.15, -0.1) is 0 Å². The van der Waals surface area contributed by atoms with Gasteiger partial charge in [0.25, 0.3) is 5.91 Å². The van der Waals surface area contributed by atoms with E-state index in [9.17, 15) is 9.59 Å². The van der Waals surface area contributed by atoms with Crippen molar-refractivity contribution in [2.24, 2.45) is 0 Å². The predicted molar refractivity (Wildman–Crippen MR) is 137 cm³/mol. The number of hydrogen-bond acceptors (Lipinski definition) is 6. The molecule has 0 N–H and O–H groups in total. The zero-order valence-corrected chi connectivity index (χ0v) is 21.1. The number of aryl methyl sites for hydroxylation is 1. The molecule has 1 aliphatic heterocycles. The molecule has 0 saturated heterocycles. The standard InChI is InChI=1S/C27H23BrN2O5/c1-4-33-20-11-9-16(13-21(20)34-5-2)24-23-25(31)18-14-17(28)10-12-19(18)35-26(23)27(32)30(24)22-8-6-7-15(3)29-22/h6-14,24H,4-5H2,1-3H3. The molecule has 1 amide bonds. The summed E-state index contributed by atoms with van der Waals surface area (Å²) in [5, 5.41) is 0.394. The lowest BCUT2D eigenvalue weighted by Crippen LogP contribution is -2.30. The summed E-state index contributed by atoms with van der Waals surface area (Å²) in [6.45, 7) is 6.56. The highest BCUT2D eigenvalue weighted by Gasteiger charge is 2.44. The number of rotatable bonds is 6. The monoisotopic (exact) mass is 534 g/mol. The Morgan fingerprint density at radius 2 is 1.77 bits per heavy atom. The number of nitrogens with zero attached hydrogens (tertiary/aromatic N) is 2. The predicted octanol–water partition coefficient (Wildman–Crippen LogP) is 5.81. The summed E-state index contributed by atoms with van der Waals surface area (Å²) in [5.74, 6) is 1.17. The van der Waals surface area contributed by atoms with Crippen LogP contribution in [0.3, 0.4) is 0 Å². The van der Waals surface area contributed by atoms with Crippen molar-refractivity contribution in [3.8, 4) is 11.5 Å². The van der Waals surface area contributed by atoms with E-state index in [1.54, 1.807) is 30.3 Å². The number of aromatic nitrogens is 1. The van der Waals surface area contributed by atoms with Crippen LogP contribution in [0.15, 0.2) is 68.3 Å². The molecule has 2 aromatic carbocycles. The van der Waals surface area contributed by atoms with Crippen molar-refractivity contribution >= 4 is 38.6 Å². The molecule has 0 fully saturated rings. The first kappa shape index (κ1) is 23.1. The van der Waals surface area contributed by atoms with Gasteiger partial charge in [-0.3, -0.25) is 14.5 Å². The van der Waals surface area contributed by atoms with Gasteiger partial charge in [0.15, 0.2) is 16.9 Å². The molecule has 8 heteroatoms. The molecule has 5 rings (SSSR count). The molecular weight excluding hydrogens is 512 g/mol. The molecule has 0 saturated carbocycles. The van der Waals surface area contributed by atoms with Crippen LogP contribution in [0.25, 0.3) is 11.0 Å². The van der Waals surface area contributed by atoms with E-state index in [0.29, 0.717) is 47.1 Å². The third kappa shape index (κ3) is 3.97. The molecule has 0 radical (unpaired) electrons. The second kappa shape index (κ2) is 9.19. The normalized spacial score (nSPS) is 14.9. The van der Waals surface area contributed by atoms with Gasteiger partial charge in [0.2, 0.25) is 5.76 Å². The molecule has 0 bridgehead atoms. The first-order chi connectivity index (χ1) is 16.9. The number of benzene rings is 2. The molecular formula is C27H23BrN2O5. The van der Waals surface area contributed by atoms with Crippen LogP contribution in [-0.4, -0.2) is 24.1 Å². The third-order valence-electron chi connectivity index (χ3n) is 5.84. The van der Waals surface area contributed by atoms with Crippen molar-refractivity contribution in [3.05, 3.63) is 91.9 Å². The number of halogens is 1. The van der Waals surface area contributed by atoms with E-state index in [1.165, 1.54) is 4.90 Å². The molecule has 1 atom stereocenters. The molecule has 7 nitrogen and oxygen atoms in total. The maximum atomic E-state index is 13.8. The van der Waals surface area contributed by atoms with Gasteiger partial charge >= 0.3 is 0 Å². The Hall–Kier alpha value is -3.65. The second-order valence-electron chi connectivity index (χ2n) is 8.10. The van der Waals surface area contributed by atoms with Crippen molar-refractivity contribution in [2.75, 3.05) is 18.1 Å². The van der Waals surface area contributed by atoms with Crippen LogP contribution in [-0.2, 0) is 0 Å². The lowest BCUT2D eigenvalue weighted by Gasteiger charge is -2.25. The van der Waals surface area contributed by atoms with Gasteiger partial charge in [0, 0.05) is 10.2 Å². The van der Waals surface area contributed by atoms with Crippen LogP contribution in [0.1, 0.15) is 47.3 Å². The number of ether oxygens (including phenoxy) is 2. The van der Waals surface area contributed by atoms with Gasteiger partial charge in [-0.2, -0.15) is 0 Å². The van der Waals surface area contributed by atoms with E-state index in [0.717, 1.165) is 10.2 Å². The third-order valence-corrected chi connectivity index (χ3v) is 6.33. The number of amides is 1. The lowest BCUT2D eigenvalue weighted by atomic mass is 9.98. The number of pyridine rings is 1.